The fourth-order valence-corrected chi connectivity index (χ4v) is 4.90. The summed E-state index contributed by atoms with van der Waals surface area (Å²) in [5.74, 6) is 1.34. The SMILES string of the molecule is CN(C)C/C=C/C(=O)N1CCN(c2nc(-c3ccc(Oc4ccccc4)cc3)c(C(=O)CN)s2)CC1. The lowest BCUT2D eigenvalue weighted by molar-refractivity contribution is -0.126. The number of aromatic nitrogens is 1. The summed E-state index contributed by atoms with van der Waals surface area (Å²) >= 11 is 1.36. The van der Waals surface area contributed by atoms with E-state index in [2.05, 4.69) is 4.90 Å². The van der Waals surface area contributed by atoms with E-state index in [0.717, 1.165) is 23.0 Å². The zero-order valence-electron chi connectivity index (χ0n) is 20.6. The number of rotatable bonds is 9. The van der Waals surface area contributed by atoms with E-state index in [4.69, 9.17) is 15.5 Å². The molecule has 2 N–H and O–H groups in total. The van der Waals surface area contributed by atoms with E-state index in [-0.39, 0.29) is 18.2 Å². The summed E-state index contributed by atoms with van der Waals surface area (Å²) < 4.78 is 5.88. The molecule has 1 aliphatic rings. The van der Waals surface area contributed by atoms with Gasteiger partial charge in [-0.25, -0.2) is 4.98 Å². The monoisotopic (exact) mass is 505 g/mol. The third kappa shape index (κ3) is 6.37. The summed E-state index contributed by atoms with van der Waals surface area (Å²) in [6.45, 7) is 3.16. The van der Waals surface area contributed by atoms with E-state index < -0.39 is 0 Å². The van der Waals surface area contributed by atoms with Crippen molar-refractivity contribution >= 4 is 28.2 Å². The number of likely N-dealkylation sites (N-methyl/N-ethyl adjacent to an activating group) is 1. The van der Waals surface area contributed by atoms with Crippen LogP contribution >= 0.6 is 11.3 Å². The molecule has 0 saturated carbocycles. The van der Waals surface area contributed by atoms with Gasteiger partial charge in [-0.3, -0.25) is 9.59 Å². The van der Waals surface area contributed by atoms with Crippen molar-refractivity contribution < 1.29 is 14.3 Å². The van der Waals surface area contributed by atoms with Crippen molar-refractivity contribution in [2.75, 3.05) is 58.3 Å². The van der Waals surface area contributed by atoms with Crippen molar-refractivity contribution in [3.63, 3.8) is 0 Å². The number of para-hydroxylation sites is 1. The molecular weight excluding hydrogens is 474 g/mol. The van der Waals surface area contributed by atoms with Gasteiger partial charge in [0.2, 0.25) is 5.91 Å². The number of ketones is 1. The lowest BCUT2D eigenvalue weighted by atomic mass is 10.1. The third-order valence-corrected chi connectivity index (χ3v) is 6.91. The number of carbonyl (C=O) groups excluding carboxylic acids is 2. The minimum absolute atomic E-state index is 0.0214. The van der Waals surface area contributed by atoms with Crippen LogP contribution in [-0.4, -0.2) is 79.8 Å². The summed E-state index contributed by atoms with van der Waals surface area (Å²) in [4.78, 5) is 36.5. The Bertz CT molecular complexity index is 1200. The van der Waals surface area contributed by atoms with Crippen LogP contribution in [0, 0.1) is 0 Å². The number of nitrogens with two attached hydrogens (primary N) is 1. The molecule has 2 aromatic carbocycles. The zero-order valence-corrected chi connectivity index (χ0v) is 21.4. The van der Waals surface area contributed by atoms with Gasteiger partial charge in [-0.1, -0.05) is 35.6 Å². The Morgan fingerprint density at radius 3 is 2.33 bits per heavy atom. The van der Waals surface area contributed by atoms with Crippen LogP contribution in [0.1, 0.15) is 9.67 Å². The molecular formula is C27H31N5O3S. The highest BCUT2D eigenvalue weighted by Crippen LogP contribution is 2.35. The van der Waals surface area contributed by atoms with Crippen molar-refractivity contribution in [3.05, 3.63) is 71.6 Å². The Labute approximate surface area is 215 Å². The Kier molecular flexibility index (Phi) is 8.48. The van der Waals surface area contributed by atoms with Crippen molar-refractivity contribution in [2.24, 2.45) is 5.73 Å². The highest BCUT2D eigenvalue weighted by Gasteiger charge is 2.25. The number of Topliss-reactive ketones (excluding diaryl/α,β-unsaturated/α-hetero) is 1. The number of anilines is 1. The number of ether oxygens (including phenoxy) is 1. The first-order valence-electron chi connectivity index (χ1n) is 11.9. The number of hydrogen-bond donors (Lipinski definition) is 1. The van der Waals surface area contributed by atoms with Gasteiger partial charge in [0.05, 0.1) is 12.2 Å². The van der Waals surface area contributed by atoms with E-state index in [9.17, 15) is 9.59 Å². The maximum atomic E-state index is 12.6. The third-order valence-electron chi connectivity index (χ3n) is 5.75. The van der Waals surface area contributed by atoms with Crippen molar-refractivity contribution in [2.45, 2.75) is 0 Å². The lowest BCUT2D eigenvalue weighted by Gasteiger charge is -2.34. The predicted octanol–water partition coefficient (Wildman–Crippen LogP) is 3.51. The van der Waals surface area contributed by atoms with E-state index >= 15 is 0 Å². The minimum atomic E-state index is -0.141. The molecule has 188 valence electrons. The van der Waals surface area contributed by atoms with Gasteiger partial charge in [-0.05, 0) is 50.5 Å². The Hall–Kier alpha value is -3.53. The number of carbonyl (C=O) groups is 2. The number of nitrogens with zero attached hydrogens (tertiary/aromatic N) is 4. The molecule has 1 aliphatic heterocycles. The molecule has 0 unspecified atom stereocenters. The normalized spacial score (nSPS) is 14.0. The molecule has 1 amide bonds. The van der Waals surface area contributed by atoms with Crippen molar-refractivity contribution in [1.82, 2.24) is 14.8 Å². The van der Waals surface area contributed by atoms with E-state index in [1.165, 1.54) is 11.3 Å². The van der Waals surface area contributed by atoms with Gasteiger partial charge >= 0.3 is 0 Å². The van der Waals surface area contributed by atoms with Crippen LogP contribution in [0.4, 0.5) is 5.13 Å². The molecule has 4 rings (SSSR count). The van der Waals surface area contributed by atoms with Gasteiger partial charge in [0.1, 0.15) is 16.4 Å². The van der Waals surface area contributed by atoms with Gasteiger partial charge < -0.3 is 25.2 Å². The first-order valence-corrected chi connectivity index (χ1v) is 12.7. The number of benzene rings is 2. The maximum absolute atomic E-state index is 12.6. The quantitative estimate of drug-likeness (QED) is 0.351. The van der Waals surface area contributed by atoms with Gasteiger partial charge in [0, 0.05) is 44.4 Å². The highest BCUT2D eigenvalue weighted by atomic mass is 32.1. The average molecular weight is 506 g/mol. The molecule has 1 aromatic heterocycles. The molecule has 0 radical (unpaired) electrons. The number of amides is 1. The van der Waals surface area contributed by atoms with Crippen molar-refractivity contribution in [1.29, 1.82) is 0 Å². The fourth-order valence-electron chi connectivity index (χ4n) is 3.81. The summed E-state index contributed by atoms with van der Waals surface area (Å²) in [7, 11) is 3.93. The molecule has 8 nitrogen and oxygen atoms in total. The summed E-state index contributed by atoms with van der Waals surface area (Å²) in [6, 6.07) is 17.1. The second-order valence-corrected chi connectivity index (χ2v) is 9.70. The van der Waals surface area contributed by atoms with Crippen LogP contribution in [0.25, 0.3) is 11.3 Å². The van der Waals surface area contributed by atoms with Gasteiger partial charge in [-0.15, -0.1) is 0 Å². The first-order chi connectivity index (χ1) is 17.4. The Balaban J connectivity index is 1.47. The Morgan fingerprint density at radius 2 is 1.69 bits per heavy atom. The number of hydrogen-bond acceptors (Lipinski definition) is 8. The van der Waals surface area contributed by atoms with E-state index in [0.29, 0.717) is 42.5 Å². The molecule has 36 heavy (non-hydrogen) atoms. The maximum Gasteiger partial charge on any atom is 0.246 e. The van der Waals surface area contributed by atoms with Crippen molar-refractivity contribution in [3.8, 4) is 22.8 Å². The molecule has 0 aliphatic carbocycles. The molecule has 1 fully saturated rings. The summed E-state index contributed by atoms with van der Waals surface area (Å²) in [6.07, 6.45) is 3.52. The fraction of sp³-hybridized carbons (Fsp3) is 0.296. The topological polar surface area (TPSA) is 92.0 Å². The lowest BCUT2D eigenvalue weighted by Crippen LogP contribution is -2.48. The second kappa shape index (κ2) is 11.9. The molecule has 0 spiro atoms. The average Bonchev–Trinajstić information content (AvgIpc) is 3.35. The first kappa shape index (κ1) is 25.6. The van der Waals surface area contributed by atoms with Crippen LogP contribution < -0.4 is 15.4 Å². The van der Waals surface area contributed by atoms with Gasteiger partial charge in [0.15, 0.2) is 10.9 Å². The molecule has 9 heteroatoms. The molecule has 3 aromatic rings. The summed E-state index contributed by atoms with van der Waals surface area (Å²) in [5, 5.41) is 0.765. The Morgan fingerprint density at radius 1 is 1.03 bits per heavy atom. The minimum Gasteiger partial charge on any atom is -0.457 e. The number of thiazole rings is 1. The smallest absolute Gasteiger partial charge is 0.246 e. The molecule has 0 bridgehead atoms. The van der Waals surface area contributed by atoms with Crippen LogP contribution in [0.5, 0.6) is 11.5 Å². The van der Waals surface area contributed by atoms with Gasteiger partial charge in [0.25, 0.3) is 0 Å². The van der Waals surface area contributed by atoms with Crippen LogP contribution in [0.15, 0.2) is 66.7 Å². The molecule has 0 atom stereocenters. The standard InChI is InChI=1S/C27H31N5O3S/c1-30(2)14-6-9-24(34)31-15-17-32(18-16-31)27-29-25(26(36-27)23(33)19-28)20-10-12-22(13-11-20)35-21-7-4-3-5-8-21/h3-13H,14-19,28H2,1-2H3/b9-6+. The number of piperazine rings is 1. The molecule has 2 heterocycles. The van der Waals surface area contributed by atoms with Crippen LogP contribution in [0.3, 0.4) is 0 Å². The largest absolute Gasteiger partial charge is 0.457 e. The highest BCUT2D eigenvalue weighted by molar-refractivity contribution is 7.18. The van der Waals surface area contributed by atoms with E-state index in [1.807, 2.05) is 84.6 Å². The zero-order chi connectivity index (χ0) is 25.5. The van der Waals surface area contributed by atoms with Gasteiger partial charge in [-0.2, -0.15) is 0 Å². The summed E-state index contributed by atoms with van der Waals surface area (Å²) in [5.41, 5.74) is 7.16. The van der Waals surface area contributed by atoms with Crippen LogP contribution in [-0.2, 0) is 4.79 Å². The van der Waals surface area contributed by atoms with Crippen LogP contribution in [0.2, 0.25) is 0 Å². The predicted molar refractivity (Wildman–Crippen MR) is 144 cm³/mol. The molecule has 1 saturated heterocycles. The second-order valence-electron chi connectivity index (χ2n) is 8.72. The van der Waals surface area contributed by atoms with E-state index in [1.54, 1.807) is 6.08 Å².